The number of ether oxygens (including phenoxy) is 1. The molecule has 0 rings (SSSR count). The number of hydrogen-bond donors (Lipinski definition) is 1. The van der Waals surface area contributed by atoms with E-state index in [1.54, 1.807) is 11.9 Å². The summed E-state index contributed by atoms with van der Waals surface area (Å²) in [6.45, 7) is 8.61. The lowest BCUT2D eigenvalue weighted by Gasteiger charge is -2.19. The second kappa shape index (κ2) is 7.63. The molecule has 0 aliphatic carbocycles. The van der Waals surface area contributed by atoms with Crippen LogP contribution in [0.3, 0.4) is 0 Å². The molecule has 0 saturated heterocycles. The second-order valence-electron chi connectivity index (χ2n) is 5.32. The zero-order chi connectivity index (χ0) is 12.6. The topological polar surface area (TPSA) is 55.6 Å². The Balaban J connectivity index is 3.57. The molecule has 96 valence electrons. The van der Waals surface area contributed by atoms with Crippen LogP contribution in [-0.2, 0) is 9.53 Å². The molecule has 0 aromatic heterocycles. The van der Waals surface area contributed by atoms with Crippen LogP contribution in [0.4, 0.5) is 0 Å². The van der Waals surface area contributed by atoms with Crippen LogP contribution in [0.25, 0.3) is 0 Å². The molecule has 0 aliphatic heterocycles. The molecule has 4 nitrogen and oxygen atoms in total. The van der Waals surface area contributed by atoms with Crippen LogP contribution >= 0.6 is 0 Å². The van der Waals surface area contributed by atoms with E-state index in [9.17, 15) is 4.79 Å². The van der Waals surface area contributed by atoms with Crippen molar-refractivity contribution in [3.63, 3.8) is 0 Å². The molecule has 0 heterocycles. The average molecular weight is 230 g/mol. The SMILES string of the molecule is CN(CCCN)C(=O)COCCC(C)(C)C. The largest absolute Gasteiger partial charge is 0.372 e. The number of amides is 1. The minimum absolute atomic E-state index is 0.0300. The lowest BCUT2D eigenvalue weighted by Crippen LogP contribution is -2.32. The maximum absolute atomic E-state index is 11.5. The summed E-state index contributed by atoms with van der Waals surface area (Å²) in [7, 11) is 1.78. The molecule has 0 fully saturated rings. The Bertz CT molecular complexity index is 200. The molecule has 0 aromatic carbocycles. The lowest BCUT2D eigenvalue weighted by molar-refractivity contribution is -0.135. The molecule has 0 saturated carbocycles. The van der Waals surface area contributed by atoms with Crippen molar-refractivity contribution in [3.8, 4) is 0 Å². The minimum Gasteiger partial charge on any atom is -0.372 e. The van der Waals surface area contributed by atoms with Crippen molar-refractivity contribution in [2.45, 2.75) is 33.6 Å². The van der Waals surface area contributed by atoms with E-state index in [4.69, 9.17) is 10.5 Å². The molecule has 0 aromatic rings. The first kappa shape index (κ1) is 15.4. The van der Waals surface area contributed by atoms with E-state index in [0.717, 1.165) is 12.8 Å². The van der Waals surface area contributed by atoms with Crippen molar-refractivity contribution in [2.75, 3.05) is 33.4 Å². The fourth-order valence-corrected chi connectivity index (χ4v) is 1.10. The van der Waals surface area contributed by atoms with Crippen LogP contribution < -0.4 is 5.73 Å². The van der Waals surface area contributed by atoms with Gasteiger partial charge in [0.25, 0.3) is 0 Å². The van der Waals surface area contributed by atoms with E-state index in [1.165, 1.54) is 0 Å². The number of carbonyl (C=O) groups is 1. The normalized spacial score (nSPS) is 11.6. The van der Waals surface area contributed by atoms with Gasteiger partial charge in [0, 0.05) is 20.2 Å². The summed E-state index contributed by atoms with van der Waals surface area (Å²) in [4.78, 5) is 13.2. The van der Waals surface area contributed by atoms with Gasteiger partial charge in [-0.3, -0.25) is 4.79 Å². The van der Waals surface area contributed by atoms with Gasteiger partial charge < -0.3 is 15.4 Å². The van der Waals surface area contributed by atoms with E-state index in [2.05, 4.69) is 20.8 Å². The first-order valence-corrected chi connectivity index (χ1v) is 5.88. The van der Waals surface area contributed by atoms with Crippen molar-refractivity contribution in [1.29, 1.82) is 0 Å². The Morgan fingerprint density at radius 2 is 2.00 bits per heavy atom. The molecule has 0 bridgehead atoms. The standard InChI is InChI=1S/C12H26N2O2/c1-12(2,3)6-9-16-10-11(15)14(4)8-5-7-13/h5-10,13H2,1-4H3. The van der Waals surface area contributed by atoms with Crippen LogP contribution in [0.1, 0.15) is 33.6 Å². The highest BCUT2D eigenvalue weighted by molar-refractivity contribution is 5.77. The monoisotopic (exact) mass is 230 g/mol. The molecular formula is C12H26N2O2. The van der Waals surface area contributed by atoms with Crippen molar-refractivity contribution in [1.82, 2.24) is 4.90 Å². The fraction of sp³-hybridized carbons (Fsp3) is 0.917. The average Bonchev–Trinajstić information content (AvgIpc) is 2.19. The van der Waals surface area contributed by atoms with Crippen LogP contribution in [0.2, 0.25) is 0 Å². The summed E-state index contributed by atoms with van der Waals surface area (Å²) in [5.74, 6) is 0.0300. The fourth-order valence-electron chi connectivity index (χ4n) is 1.10. The summed E-state index contributed by atoms with van der Waals surface area (Å²) < 4.78 is 5.35. The van der Waals surface area contributed by atoms with Gasteiger partial charge in [-0.2, -0.15) is 0 Å². The van der Waals surface area contributed by atoms with Crippen molar-refractivity contribution in [2.24, 2.45) is 11.1 Å². The number of nitrogens with zero attached hydrogens (tertiary/aromatic N) is 1. The summed E-state index contributed by atoms with van der Waals surface area (Å²) in [6, 6.07) is 0. The molecule has 0 spiro atoms. The number of likely N-dealkylation sites (N-methyl/N-ethyl adjacent to an activating group) is 1. The van der Waals surface area contributed by atoms with Crippen molar-refractivity contribution < 1.29 is 9.53 Å². The first-order chi connectivity index (χ1) is 7.37. The summed E-state index contributed by atoms with van der Waals surface area (Å²) >= 11 is 0. The van der Waals surface area contributed by atoms with Crippen LogP contribution in [0.15, 0.2) is 0 Å². The third kappa shape index (κ3) is 8.68. The van der Waals surface area contributed by atoms with Crippen LogP contribution in [0, 0.1) is 5.41 Å². The Kier molecular flexibility index (Phi) is 7.34. The summed E-state index contributed by atoms with van der Waals surface area (Å²) in [5, 5.41) is 0. The minimum atomic E-state index is 0.0300. The summed E-state index contributed by atoms with van der Waals surface area (Å²) in [5.41, 5.74) is 5.64. The Morgan fingerprint density at radius 3 is 2.50 bits per heavy atom. The molecule has 0 aliphatic rings. The van der Waals surface area contributed by atoms with Crippen LogP contribution in [0.5, 0.6) is 0 Å². The second-order valence-corrected chi connectivity index (χ2v) is 5.32. The molecule has 0 unspecified atom stereocenters. The van der Waals surface area contributed by atoms with Gasteiger partial charge >= 0.3 is 0 Å². The highest BCUT2D eigenvalue weighted by atomic mass is 16.5. The number of rotatable bonds is 7. The molecule has 2 N–H and O–H groups in total. The quantitative estimate of drug-likeness (QED) is 0.670. The highest BCUT2D eigenvalue weighted by Gasteiger charge is 2.11. The molecular weight excluding hydrogens is 204 g/mol. The predicted octanol–water partition coefficient (Wildman–Crippen LogP) is 1.25. The van der Waals surface area contributed by atoms with E-state index in [1.807, 2.05) is 0 Å². The first-order valence-electron chi connectivity index (χ1n) is 5.88. The van der Waals surface area contributed by atoms with E-state index in [0.29, 0.717) is 19.7 Å². The Labute approximate surface area is 99.1 Å². The van der Waals surface area contributed by atoms with Crippen molar-refractivity contribution >= 4 is 5.91 Å². The molecule has 16 heavy (non-hydrogen) atoms. The zero-order valence-corrected chi connectivity index (χ0v) is 11.1. The van der Waals surface area contributed by atoms with Gasteiger partial charge in [0.1, 0.15) is 6.61 Å². The third-order valence-corrected chi connectivity index (χ3v) is 2.35. The van der Waals surface area contributed by atoms with Gasteiger partial charge in [-0.1, -0.05) is 20.8 Å². The van der Waals surface area contributed by atoms with Gasteiger partial charge in [-0.15, -0.1) is 0 Å². The lowest BCUT2D eigenvalue weighted by atomic mass is 9.93. The molecule has 4 heteroatoms. The van der Waals surface area contributed by atoms with Crippen molar-refractivity contribution in [3.05, 3.63) is 0 Å². The number of nitrogens with two attached hydrogens (primary N) is 1. The van der Waals surface area contributed by atoms with E-state index in [-0.39, 0.29) is 17.9 Å². The molecule has 0 atom stereocenters. The van der Waals surface area contributed by atoms with Crippen LogP contribution in [-0.4, -0.2) is 44.2 Å². The maximum atomic E-state index is 11.5. The third-order valence-electron chi connectivity index (χ3n) is 2.35. The molecule has 1 amide bonds. The van der Waals surface area contributed by atoms with Gasteiger partial charge in [0.15, 0.2) is 0 Å². The zero-order valence-electron chi connectivity index (χ0n) is 11.1. The number of hydrogen-bond acceptors (Lipinski definition) is 3. The van der Waals surface area contributed by atoms with Gasteiger partial charge in [-0.05, 0) is 24.8 Å². The smallest absolute Gasteiger partial charge is 0.248 e. The summed E-state index contributed by atoms with van der Waals surface area (Å²) in [6.07, 6.45) is 1.80. The van der Waals surface area contributed by atoms with Gasteiger partial charge in [-0.25, -0.2) is 0 Å². The van der Waals surface area contributed by atoms with E-state index >= 15 is 0 Å². The molecule has 0 radical (unpaired) electrons. The Hall–Kier alpha value is -0.610. The highest BCUT2D eigenvalue weighted by Crippen LogP contribution is 2.17. The number of carbonyl (C=O) groups excluding carboxylic acids is 1. The van der Waals surface area contributed by atoms with Gasteiger partial charge in [0.05, 0.1) is 0 Å². The predicted molar refractivity (Wildman–Crippen MR) is 66.2 cm³/mol. The maximum Gasteiger partial charge on any atom is 0.248 e. The van der Waals surface area contributed by atoms with E-state index < -0.39 is 0 Å². The van der Waals surface area contributed by atoms with Gasteiger partial charge in [0.2, 0.25) is 5.91 Å². The Morgan fingerprint density at radius 1 is 1.38 bits per heavy atom.